The van der Waals surface area contributed by atoms with Gasteiger partial charge >= 0.3 is 0 Å². The van der Waals surface area contributed by atoms with Crippen LogP contribution in [0, 0.1) is 0 Å². The first-order chi connectivity index (χ1) is 20.9. The number of hydrogen-bond donors (Lipinski definition) is 0. The van der Waals surface area contributed by atoms with Crippen LogP contribution in [0.5, 0.6) is 0 Å². The van der Waals surface area contributed by atoms with Crippen LogP contribution in [0.4, 0.5) is 17.1 Å². The van der Waals surface area contributed by atoms with E-state index in [9.17, 15) is 0 Å². The lowest BCUT2D eigenvalue weighted by atomic mass is 10.1. The summed E-state index contributed by atoms with van der Waals surface area (Å²) in [4.78, 5) is 2.23. The minimum atomic E-state index is 1.03. The molecule has 6 heteroatoms. The molecule has 1 nitrogen and oxygen atoms in total. The Bertz CT molecular complexity index is 1530. The molecule has 0 fully saturated rings. The Balaban J connectivity index is 0.000000163. The van der Waals surface area contributed by atoms with Gasteiger partial charge in [0.15, 0.2) is 0 Å². The summed E-state index contributed by atoms with van der Waals surface area (Å²) >= 11 is 17.2. The second-order valence-electron chi connectivity index (χ2n) is 9.37. The van der Waals surface area contributed by atoms with Gasteiger partial charge in [0.2, 0.25) is 0 Å². The van der Waals surface area contributed by atoms with Crippen molar-refractivity contribution in [1.29, 1.82) is 0 Å². The van der Waals surface area contributed by atoms with Crippen molar-refractivity contribution >= 4 is 96.7 Å². The lowest BCUT2D eigenvalue weighted by molar-refractivity contribution is 1.19. The first-order valence-electron chi connectivity index (χ1n) is 13.4. The van der Waals surface area contributed by atoms with Crippen molar-refractivity contribution in [3.8, 4) is 0 Å². The molecular formula is C37H28Br5N. The van der Waals surface area contributed by atoms with Crippen molar-refractivity contribution in [2.75, 3.05) is 4.90 Å². The third-order valence-electron chi connectivity index (χ3n) is 6.06. The summed E-state index contributed by atoms with van der Waals surface area (Å²) in [6.07, 6.45) is 1.03. The fraction of sp³-hybridized carbons (Fsp3) is 0.0270. The molecule has 0 saturated heterocycles. The molecule has 0 bridgehead atoms. The average Bonchev–Trinajstić information content (AvgIpc) is 2.99. The van der Waals surface area contributed by atoms with Gasteiger partial charge in [-0.05, 0) is 78.2 Å². The zero-order valence-corrected chi connectivity index (χ0v) is 31.0. The van der Waals surface area contributed by atoms with Gasteiger partial charge in [-0.1, -0.05) is 177 Å². The maximum atomic E-state index is 3.57. The van der Waals surface area contributed by atoms with Gasteiger partial charge < -0.3 is 4.90 Å². The number of para-hydroxylation sites is 2. The summed E-state index contributed by atoms with van der Waals surface area (Å²) in [5.74, 6) is 0. The molecule has 0 atom stereocenters. The smallest absolute Gasteiger partial charge is 0.0484 e. The van der Waals surface area contributed by atoms with Crippen LogP contribution in [0.3, 0.4) is 0 Å². The van der Waals surface area contributed by atoms with E-state index in [4.69, 9.17) is 0 Å². The van der Waals surface area contributed by atoms with Crippen molar-refractivity contribution in [2.45, 2.75) is 6.42 Å². The number of anilines is 3. The van der Waals surface area contributed by atoms with E-state index in [2.05, 4.69) is 206 Å². The number of rotatable bonds is 5. The van der Waals surface area contributed by atoms with E-state index in [1.165, 1.54) is 11.1 Å². The quantitative estimate of drug-likeness (QED) is 0.167. The molecule has 0 aliphatic heterocycles. The van der Waals surface area contributed by atoms with E-state index in [-0.39, 0.29) is 0 Å². The van der Waals surface area contributed by atoms with Gasteiger partial charge in [0.25, 0.3) is 0 Å². The van der Waals surface area contributed by atoms with Crippen LogP contribution in [0.25, 0.3) is 0 Å². The van der Waals surface area contributed by atoms with E-state index in [0.29, 0.717) is 0 Å². The van der Waals surface area contributed by atoms with Gasteiger partial charge in [0.05, 0.1) is 0 Å². The molecule has 6 aromatic carbocycles. The fourth-order valence-corrected chi connectivity index (χ4v) is 7.89. The van der Waals surface area contributed by atoms with E-state index in [0.717, 1.165) is 45.8 Å². The summed E-state index contributed by atoms with van der Waals surface area (Å²) in [6, 6.07) is 54.0. The molecule has 0 aliphatic carbocycles. The molecule has 0 spiro atoms. The highest BCUT2D eigenvalue weighted by atomic mass is 79.9. The Hall–Kier alpha value is -2.48. The highest BCUT2D eigenvalue weighted by Gasteiger charge is 2.12. The molecule has 0 heterocycles. The van der Waals surface area contributed by atoms with Crippen molar-refractivity contribution in [2.24, 2.45) is 0 Å². The average molecular weight is 886 g/mol. The zero-order chi connectivity index (χ0) is 30.4. The molecule has 43 heavy (non-hydrogen) atoms. The van der Waals surface area contributed by atoms with E-state index >= 15 is 0 Å². The van der Waals surface area contributed by atoms with Crippen LogP contribution in [0.15, 0.2) is 180 Å². The standard InChI is InChI=1S/C18H13Br2N.C13H12.C6H3Br3/c19-14-11-15(20)13-18(12-14)21(16-7-3-1-4-8-16)17-9-5-2-6-10-17;1-3-7-12(8-4-1)11-13-9-5-2-6-10-13;7-4-1-5(8)3-6(9)2-4/h1-13H;1-10H,11H2;1-3H. The predicted octanol–water partition coefficient (Wildman–Crippen LogP) is 13.9. The molecule has 0 unspecified atom stereocenters. The van der Waals surface area contributed by atoms with Crippen molar-refractivity contribution in [3.63, 3.8) is 0 Å². The fourth-order valence-electron chi connectivity index (χ4n) is 4.22. The van der Waals surface area contributed by atoms with Gasteiger partial charge in [-0.15, -0.1) is 0 Å². The molecule has 0 aromatic heterocycles. The molecule has 0 aliphatic rings. The first kappa shape index (κ1) is 33.4. The number of hydrogen-bond acceptors (Lipinski definition) is 1. The van der Waals surface area contributed by atoms with Crippen LogP contribution in [-0.4, -0.2) is 0 Å². The topological polar surface area (TPSA) is 3.24 Å². The minimum absolute atomic E-state index is 1.03. The van der Waals surface area contributed by atoms with Crippen molar-refractivity contribution in [3.05, 3.63) is 191 Å². The lowest BCUT2D eigenvalue weighted by Gasteiger charge is -2.25. The monoisotopic (exact) mass is 881 g/mol. The highest BCUT2D eigenvalue weighted by Crippen LogP contribution is 2.37. The lowest BCUT2D eigenvalue weighted by Crippen LogP contribution is -2.09. The molecule has 0 amide bonds. The number of benzene rings is 6. The second kappa shape index (κ2) is 17.7. The predicted molar refractivity (Wildman–Crippen MR) is 202 cm³/mol. The molecule has 0 N–H and O–H groups in total. The van der Waals surface area contributed by atoms with Gasteiger partial charge in [0, 0.05) is 39.4 Å². The normalized spacial score (nSPS) is 10.1. The van der Waals surface area contributed by atoms with Crippen LogP contribution >= 0.6 is 79.6 Å². The Labute approximate surface area is 296 Å². The summed E-state index contributed by atoms with van der Waals surface area (Å²) in [7, 11) is 0. The third kappa shape index (κ3) is 11.5. The minimum Gasteiger partial charge on any atom is -0.310 e. The first-order valence-corrected chi connectivity index (χ1v) is 17.4. The maximum absolute atomic E-state index is 3.57. The highest BCUT2D eigenvalue weighted by molar-refractivity contribution is 9.11. The molecule has 6 aromatic rings. The van der Waals surface area contributed by atoms with Crippen LogP contribution in [0.1, 0.15) is 11.1 Å². The zero-order valence-electron chi connectivity index (χ0n) is 23.1. The Morgan fingerprint density at radius 1 is 0.326 bits per heavy atom. The summed E-state index contributed by atoms with van der Waals surface area (Å²) in [5, 5.41) is 0. The molecule has 0 radical (unpaired) electrons. The Morgan fingerprint density at radius 3 is 0.930 bits per heavy atom. The van der Waals surface area contributed by atoms with Crippen molar-refractivity contribution < 1.29 is 0 Å². The van der Waals surface area contributed by atoms with Gasteiger partial charge in [-0.2, -0.15) is 0 Å². The maximum Gasteiger partial charge on any atom is 0.0484 e. The van der Waals surface area contributed by atoms with Gasteiger partial charge in [-0.25, -0.2) is 0 Å². The number of nitrogens with zero attached hydrogens (tertiary/aromatic N) is 1. The Kier molecular flexibility index (Phi) is 13.8. The Morgan fingerprint density at radius 2 is 0.605 bits per heavy atom. The SMILES string of the molecule is Brc1cc(Br)cc(Br)c1.Brc1cc(Br)cc(N(c2ccccc2)c2ccccc2)c1.c1ccc(Cc2ccccc2)cc1. The second-order valence-corrected chi connectivity index (χ2v) is 13.9. The van der Waals surface area contributed by atoms with Crippen LogP contribution in [-0.2, 0) is 6.42 Å². The molecule has 216 valence electrons. The third-order valence-corrected chi connectivity index (χ3v) is 8.34. The van der Waals surface area contributed by atoms with E-state index < -0.39 is 0 Å². The summed E-state index contributed by atoms with van der Waals surface area (Å²) < 4.78 is 5.31. The van der Waals surface area contributed by atoms with Gasteiger partial charge in [-0.3, -0.25) is 0 Å². The van der Waals surface area contributed by atoms with Gasteiger partial charge in [0.1, 0.15) is 0 Å². The summed E-state index contributed by atoms with van der Waals surface area (Å²) in [5.41, 5.74) is 6.11. The van der Waals surface area contributed by atoms with Crippen LogP contribution < -0.4 is 4.90 Å². The summed E-state index contributed by atoms with van der Waals surface area (Å²) in [6.45, 7) is 0. The van der Waals surface area contributed by atoms with Crippen LogP contribution in [0.2, 0.25) is 0 Å². The largest absolute Gasteiger partial charge is 0.310 e. The molecule has 0 saturated carbocycles. The van der Waals surface area contributed by atoms with E-state index in [1.54, 1.807) is 0 Å². The van der Waals surface area contributed by atoms with E-state index in [1.807, 2.05) is 36.4 Å². The number of halogens is 5. The molecule has 6 rings (SSSR count). The van der Waals surface area contributed by atoms with Crippen molar-refractivity contribution in [1.82, 2.24) is 0 Å². The molecular weight excluding hydrogens is 858 g/mol.